The topological polar surface area (TPSA) is 0 Å². The Morgan fingerprint density at radius 1 is 1.00 bits per heavy atom. The van der Waals surface area contributed by atoms with E-state index in [1.807, 2.05) is 0 Å². The van der Waals surface area contributed by atoms with E-state index in [-0.39, 0.29) is 0 Å². The molecule has 0 radical (unpaired) electrons. The quantitative estimate of drug-likeness (QED) is 0.475. The molecule has 0 nitrogen and oxygen atoms in total. The molecule has 0 aromatic heterocycles. The van der Waals surface area contributed by atoms with Gasteiger partial charge in [-0.05, 0) is 49.3 Å². The van der Waals surface area contributed by atoms with Gasteiger partial charge in [0.05, 0.1) is 0 Å². The van der Waals surface area contributed by atoms with Gasteiger partial charge in [-0.2, -0.15) is 0 Å². The average Bonchev–Trinajstić information content (AvgIpc) is 2.38. The van der Waals surface area contributed by atoms with Crippen molar-refractivity contribution >= 4 is 17.2 Å². The summed E-state index contributed by atoms with van der Waals surface area (Å²) in [6.07, 6.45) is 7.40. The van der Waals surface area contributed by atoms with Gasteiger partial charge in [-0.25, -0.2) is 0 Å². The van der Waals surface area contributed by atoms with Crippen LogP contribution in [-0.2, 0) is 19.2 Å². The average molecular weight is 310 g/mol. The summed E-state index contributed by atoms with van der Waals surface area (Å²) in [5, 5.41) is 4.50. The van der Waals surface area contributed by atoms with Gasteiger partial charge in [0.15, 0.2) is 0 Å². The van der Waals surface area contributed by atoms with Gasteiger partial charge in [0.2, 0.25) is 0 Å². The molecule has 0 amide bonds. The summed E-state index contributed by atoms with van der Waals surface area (Å²) in [7, 11) is 2.35. The summed E-state index contributed by atoms with van der Waals surface area (Å²) < 4.78 is 0. The summed E-state index contributed by atoms with van der Waals surface area (Å²) >= 11 is 0.500. The first-order chi connectivity index (χ1) is 8.11. The van der Waals surface area contributed by atoms with E-state index in [0.29, 0.717) is 19.2 Å². The maximum atomic E-state index is 2.40. The zero-order chi connectivity index (χ0) is 13.3. The molecule has 0 aromatic carbocycles. The van der Waals surface area contributed by atoms with Crippen LogP contribution >= 0.6 is 17.2 Å². The van der Waals surface area contributed by atoms with Gasteiger partial charge >= 0.3 is 29.6 Å². The van der Waals surface area contributed by atoms with Gasteiger partial charge in [-0.3, -0.25) is 0 Å². The first-order valence-electron chi connectivity index (χ1n) is 7.04. The normalized spacial score (nSPS) is 28.4. The maximum absolute atomic E-state index is 2.40. The van der Waals surface area contributed by atoms with Gasteiger partial charge in [-0.1, -0.05) is 26.7 Å². The summed E-state index contributed by atoms with van der Waals surface area (Å²) in [6.45, 7) is 9.62. The standard InChI is InChI=1S/C12H26P2.2CH3.Ti/c1-5-12(6-2)8-10(13-3)7-11(9-12)14-4;;;/h10-11,13-14H,5-9H2,1-4H3;2*1H3;. The van der Waals surface area contributed by atoms with E-state index in [0.717, 1.165) is 16.7 Å². The van der Waals surface area contributed by atoms with Crippen LogP contribution in [0.15, 0.2) is 0 Å². The first kappa shape index (κ1) is 18.6. The van der Waals surface area contributed by atoms with Gasteiger partial charge in [0, 0.05) is 0 Å². The Hall–Kier alpha value is 1.57. The van der Waals surface area contributed by atoms with E-state index in [4.69, 9.17) is 0 Å². The second-order valence-electron chi connectivity index (χ2n) is 5.32. The van der Waals surface area contributed by atoms with E-state index in [9.17, 15) is 0 Å². The molecule has 1 fully saturated rings. The van der Waals surface area contributed by atoms with Gasteiger partial charge in [0.1, 0.15) is 0 Å². The van der Waals surface area contributed by atoms with Crippen molar-refractivity contribution in [3.63, 3.8) is 0 Å². The minimum absolute atomic E-state index is 0.500. The van der Waals surface area contributed by atoms with Crippen molar-refractivity contribution in [2.75, 3.05) is 13.3 Å². The molecule has 17 heavy (non-hydrogen) atoms. The van der Waals surface area contributed by atoms with Crippen LogP contribution in [0.4, 0.5) is 0 Å². The molecule has 0 bridgehead atoms. The Kier molecular flexibility index (Phi) is 11.3. The third-order valence-electron chi connectivity index (χ3n) is 4.24. The first-order valence-corrected chi connectivity index (χ1v) is 13.3. The van der Waals surface area contributed by atoms with Crippen LogP contribution in [0.2, 0.25) is 10.5 Å². The number of hydrogen-bond acceptors (Lipinski definition) is 0. The Bertz CT molecular complexity index is 167. The molecular weight excluding hydrogens is 278 g/mol. The molecule has 102 valence electrons. The zero-order valence-electron chi connectivity index (χ0n) is 12.7. The number of rotatable bonds is 4. The second-order valence-corrected chi connectivity index (χ2v) is 9.67. The summed E-state index contributed by atoms with van der Waals surface area (Å²) in [6, 6.07) is 0. The van der Waals surface area contributed by atoms with Crippen LogP contribution in [0.5, 0.6) is 0 Å². The zero-order valence-corrected chi connectivity index (χ0v) is 16.3. The molecule has 4 unspecified atom stereocenters. The van der Waals surface area contributed by atoms with Crippen molar-refractivity contribution < 1.29 is 19.2 Å². The minimum atomic E-state index is 0.500. The third kappa shape index (κ3) is 6.52. The molecular formula is C14H32P2Ti. The molecule has 3 heteroatoms. The van der Waals surface area contributed by atoms with Crippen molar-refractivity contribution in [2.24, 2.45) is 5.41 Å². The Morgan fingerprint density at radius 3 is 1.59 bits per heavy atom. The summed E-state index contributed by atoms with van der Waals surface area (Å²) in [5.41, 5.74) is 2.83. The molecule has 1 rings (SSSR count). The Labute approximate surface area is 122 Å². The van der Waals surface area contributed by atoms with Crippen LogP contribution in [0.1, 0.15) is 46.0 Å². The van der Waals surface area contributed by atoms with E-state index in [2.05, 4.69) is 37.6 Å². The molecule has 1 saturated carbocycles. The van der Waals surface area contributed by atoms with Crippen molar-refractivity contribution in [1.29, 1.82) is 0 Å². The molecule has 0 spiro atoms. The monoisotopic (exact) mass is 310 g/mol. The Balaban J connectivity index is 0.000000770. The van der Waals surface area contributed by atoms with E-state index in [1.165, 1.54) is 49.3 Å². The molecule has 4 atom stereocenters. The van der Waals surface area contributed by atoms with Crippen molar-refractivity contribution in [3.8, 4) is 0 Å². The summed E-state index contributed by atoms with van der Waals surface area (Å²) in [5.74, 6) is 0. The predicted molar refractivity (Wildman–Crippen MR) is 84.6 cm³/mol. The van der Waals surface area contributed by atoms with Crippen LogP contribution in [0.25, 0.3) is 0 Å². The molecule has 1 aliphatic carbocycles. The van der Waals surface area contributed by atoms with E-state index < -0.39 is 0 Å². The molecule has 0 aliphatic heterocycles. The van der Waals surface area contributed by atoms with E-state index >= 15 is 0 Å². The predicted octanol–water partition coefficient (Wildman–Crippen LogP) is 5.50. The van der Waals surface area contributed by atoms with Crippen LogP contribution in [0, 0.1) is 5.41 Å². The number of hydrogen-bond donors (Lipinski definition) is 0. The molecule has 1 aliphatic rings. The van der Waals surface area contributed by atoms with Crippen molar-refractivity contribution in [2.45, 2.75) is 67.7 Å². The second kappa shape index (κ2) is 10.4. The van der Waals surface area contributed by atoms with Gasteiger partial charge in [-0.15, -0.1) is 17.2 Å². The van der Waals surface area contributed by atoms with Crippen LogP contribution < -0.4 is 0 Å². The molecule has 0 N–H and O–H groups in total. The fraction of sp³-hybridized carbons (Fsp3) is 1.00. The molecule has 0 saturated heterocycles. The van der Waals surface area contributed by atoms with Gasteiger partial charge in [0.25, 0.3) is 0 Å². The molecule has 0 heterocycles. The molecule has 0 aromatic rings. The van der Waals surface area contributed by atoms with Crippen molar-refractivity contribution in [3.05, 3.63) is 0 Å². The fourth-order valence-corrected chi connectivity index (χ4v) is 5.46. The Morgan fingerprint density at radius 2 is 1.35 bits per heavy atom. The van der Waals surface area contributed by atoms with Crippen molar-refractivity contribution in [1.82, 2.24) is 0 Å². The summed E-state index contributed by atoms with van der Waals surface area (Å²) in [4.78, 5) is 0. The van der Waals surface area contributed by atoms with Gasteiger partial charge < -0.3 is 0 Å². The van der Waals surface area contributed by atoms with E-state index in [1.54, 1.807) is 0 Å². The van der Waals surface area contributed by atoms with Crippen LogP contribution in [0.3, 0.4) is 0 Å². The van der Waals surface area contributed by atoms with Crippen LogP contribution in [-0.4, -0.2) is 24.6 Å². The third-order valence-corrected chi connectivity index (χ3v) is 6.76. The SMILES string of the molecule is CCC1(CC)CC(PC)CC(PC)C1.[CH3][Ti][CH3]. The fourth-order valence-electron chi connectivity index (χ4n) is 2.91.